The van der Waals surface area contributed by atoms with Gasteiger partial charge in [0, 0.05) is 22.8 Å². The van der Waals surface area contributed by atoms with Crippen molar-refractivity contribution in [3.05, 3.63) is 89.3 Å². The van der Waals surface area contributed by atoms with E-state index in [2.05, 4.69) is 40.3 Å². The van der Waals surface area contributed by atoms with Crippen molar-refractivity contribution in [3.63, 3.8) is 0 Å². The van der Waals surface area contributed by atoms with E-state index in [1.54, 1.807) is 6.07 Å². The van der Waals surface area contributed by atoms with Gasteiger partial charge in [-0.2, -0.15) is 0 Å². The van der Waals surface area contributed by atoms with E-state index in [0.717, 1.165) is 50.4 Å². The summed E-state index contributed by atoms with van der Waals surface area (Å²) in [7, 11) is 0. The van der Waals surface area contributed by atoms with E-state index in [1.165, 1.54) is 12.1 Å². The Hall–Kier alpha value is -3.84. The van der Waals surface area contributed by atoms with Crippen molar-refractivity contribution < 1.29 is 9.13 Å². The maximum Gasteiger partial charge on any atom is 0.197 e. The molecule has 1 aliphatic heterocycles. The normalized spacial score (nSPS) is 15.7. The molecule has 5 aromatic rings. The number of aromatic amines is 1. The zero-order chi connectivity index (χ0) is 22.5. The summed E-state index contributed by atoms with van der Waals surface area (Å²) in [5, 5.41) is 5.83. The van der Waals surface area contributed by atoms with Crippen LogP contribution >= 0.6 is 0 Å². The number of H-pyrrole nitrogens is 1. The average Bonchev–Trinajstić information content (AvgIpc) is 3.43. The summed E-state index contributed by atoms with van der Waals surface area (Å²) in [6, 6.07) is 17.3. The van der Waals surface area contributed by atoms with Crippen molar-refractivity contribution in [2.24, 2.45) is 0 Å². The number of hydrogen-bond donors (Lipinski definition) is 1. The third-order valence-electron chi connectivity index (χ3n) is 6.13. The van der Waals surface area contributed by atoms with Gasteiger partial charge in [0.15, 0.2) is 11.6 Å². The minimum Gasteiger partial charge on any atom is -0.364 e. The third kappa shape index (κ3) is 3.50. The predicted octanol–water partition coefficient (Wildman–Crippen LogP) is 5.36. The Labute approximate surface area is 190 Å². The molecule has 1 aliphatic rings. The van der Waals surface area contributed by atoms with Crippen LogP contribution in [0.15, 0.2) is 60.8 Å². The molecule has 0 aliphatic carbocycles. The smallest absolute Gasteiger partial charge is 0.197 e. The molecule has 0 fully saturated rings. The van der Waals surface area contributed by atoms with E-state index < -0.39 is 0 Å². The number of pyridine rings is 1. The molecule has 7 heteroatoms. The van der Waals surface area contributed by atoms with E-state index in [-0.39, 0.29) is 11.9 Å². The van der Waals surface area contributed by atoms with Gasteiger partial charge in [0.2, 0.25) is 0 Å². The second-order valence-electron chi connectivity index (χ2n) is 8.44. The molecule has 0 radical (unpaired) electrons. The summed E-state index contributed by atoms with van der Waals surface area (Å²) in [6.45, 7) is 5.04. The standard InChI is InChI=1S/C26H22FN5O/c1-15-11-20(27)4-5-21(15)24-26-30-25(31-32(26)9-10-33-24)23-14-19-13-17(3-6-22(19)29-23)18-7-8-28-16(2)12-18/h3-8,11-14,24,29H,9-10H2,1-2H3. The lowest BCUT2D eigenvalue weighted by Gasteiger charge is -2.24. The van der Waals surface area contributed by atoms with Gasteiger partial charge in [-0.3, -0.25) is 4.98 Å². The lowest BCUT2D eigenvalue weighted by molar-refractivity contribution is 0.0386. The van der Waals surface area contributed by atoms with Crippen molar-refractivity contribution in [1.82, 2.24) is 24.7 Å². The molecule has 1 N–H and O–H groups in total. The number of rotatable bonds is 3. The topological polar surface area (TPSA) is 68.6 Å². The number of benzene rings is 2. The van der Waals surface area contributed by atoms with Crippen molar-refractivity contribution >= 4 is 10.9 Å². The molecular weight excluding hydrogens is 417 g/mol. The highest BCUT2D eigenvalue weighted by molar-refractivity contribution is 5.88. The van der Waals surface area contributed by atoms with E-state index >= 15 is 0 Å². The fourth-order valence-electron chi connectivity index (χ4n) is 4.48. The first-order valence-electron chi connectivity index (χ1n) is 10.9. The number of nitrogens with one attached hydrogen (secondary N) is 1. The molecule has 6 rings (SSSR count). The van der Waals surface area contributed by atoms with Gasteiger partial charge in [-0.25, -0.2) is 14.1 Å². The number of halogens is 1. The highest BCUT2D eigenvalue weighted by Gasteiger charge is 2.28. The van der Waals surface area contributed by atoms with Crippen LogP contribution in [0.1, 0.15) is 28.7 Å². The van der Waals surface area contributed by atoms with Crippen LogP contribution in [0.25, 0.3) is 33.5 Å². The first kappa shape index (κ1) is 19.8. The van der Waals surface area contributed by atoms with Crippen molar-refractivity contribution in [2.75, 3.05) is 6.61 Å². The number of nitrogens with zero attached hydrogens (tertiary/aromatic N) is 4. The maximum atomic E-state index is 13.6. The Balaban J connectivity index is 1.38. The summed E-state index contributed by atoms with van der Waals surface area (Å²) in [4.78, 5) is 12.6. The highest BCUT2D eigenvalue weighted by atomic mass is 19.1. The van der Waals surface area contributed by atoms with Gasteiger partial charge in [-0.05, 0) is 78.6 Å². The molecule has 0 amide bonds. The molecule has 0 spiro atoms. The first-order chi connectivity index (χ1) is 16.0. The van der Waals surface area contributed by atoms with E-state index in [9.17, 15) is 4.39 Å². The van der Waals surface area contributed by atoms with E-state index in [1.807, 2.05) is 30.8 Å². The maximum absolute atomic E-state index is 13.6. The number of aryl methyl sites for hydroxylation is 2. The summed E-state index contributed by atoms with van der Waals surface area (Å²) in [5.41, 5.74) is 6.88. The number of fused-ring (bicyclic) bond motifs is 2. The molecule has 3 aromatic heterocycles. The molecule has 1 unspecified atom stereocenters. The fraction of sp³-hybridized carbons (Fsp3) is 0.192. The van der Waals surface area contributed by atoms with Crippen LogP contribution in [0, 0.1) is 19.7 Å². The van der Waals surface area contributed by atoms with Crippen LogP contribution < -0.4 is 0 Å². The molecule has 2 aromatic carbocycles. The monoisotopic (exact) mass is 439 g/mol. The van der Waals surface area contributed by atoms with Crippen LogP contribution in [0.2, 0.25) is 0 Å². The number of hydrogen-bond acceptors (Lipinski definition) is 4. The summed E-state index contributed by atoms with van der Waals surface area (Å²) in [5.74, 6) is 1.10. The van der Waals surface area contributed by atoms with Gasteiger partial charge in [-0.1, -0.05) is 12.1 Å². The molecule has 4 heterocycles. The van der Waals surface area contributed by atoms with Crippen molar-refractivity contribution in [1.29, 1.82) is 0 Å². The minimum atomic E-state index is -0.369. The fourth-order valence-corrected chi connectivity index (χ4v) is 4.48. The van der Waals surface area contributed by atoms with E-state index in [4.69, 9.17) is 14.8 Å². The number of ether oxygens (including phenoxy) is 1. The van der Waals surface area contributed by atoms with Crippen molar-refractivity contribution in [3.8, 4) is 22.6 Å². The number of aromatic nitrogens is 5. The van der Waals surface area contributed by atoms with Gasteiger partial charge in [0.25, 0.3) is 0 Å². The Morgan fingerprint density at radius 1 is 1.03 bits per heavy atom. The lowest BCUT2D eigenvalue weighted by Crippen LogP contribution is -2.24. The Morgan fingerprint density at radius 2 is 1.91 bits per heavy atom. The molecule has 6 nitrogen and oxygen atoms in total. The van der Waals surface area contributed by atoms with Crippen LogP contribution in [-0.4, -0.2) is 31.3 Å². The largest absolute Gasteiger partial charge is 0.364 e. The first-order valence-corrected chi connectivity index (χ1v) is 10.9. The van der Waals surface area contributed by atoms with Crippen LogP contribution in [0.5, 0.6) is 0 Å². The van der Waals surface area contributed by atoms with Gasteiger partial charge in [-0.15, -0.1) is 5.10 Å². The quantitative estimate of drug-likeness (QED) is 0.411. The zero-order valence-corrected chi connectivity index (χ0v) is 18.3. The molecule has 1 atom stereocenters. The minimum absolute atomic E-state index is 0.256. The molecule has 0 bridgehead atoms. The zero-order valence-electron chi connectivity index (χ0n) is 18.3. The lowest BCUT2D eigenvalue weighted by atomic mass is 10.0. The average molecular weight is 439 g/mol. The Kier molecular flexibility index (Phi) is 4.58. The second-order valence-corrected chi connectivity index (χ2v) is 8.44. The highest BCUT2D eigenvalue weighted by Crippen LogP contribution is 2.33. The van der Waals surface area contributed by atoms with Gasteiger partial charge in [0.05, 0.1) is 18.8 Å². The SMILES string of the molecule is Cc1cc(-c2ccc3[nH]c(-c4nc5n(n4)CCOC5c4ccc(F)cc4C)cc3c2)ccn1. The van der Waals surface area contributed by atoms with Crippen LogP contribution in [-0.2, 0) is 11.3 Å². The van der Waals surface area contributed by atoms with Gasteiger partial charge < -0.3 is 9.72 Å². The molecule has 0 saturated heterocycles. The second kappa shape index (κ2) is 7.64. The van der Waals surface area contributed by atoms with Gasteiger partial charge >= 0.3 is 0 Å². The molecular formula is C26H22FN5O. The molecule has 164 valence electrons. The van der Waals surface area contributed by atoms with Crippen molar-refractivity contribution in [2.45, 2.75) is 26.5 Å². The Bertz CT molecular complexity index is 1500. The Morgan fingerprint density at radius 3 is 2.76 bits per heavy atom. The summed E-state index contributed by atoms with van der Waals surface area (Å²) >= 11 is 0. The van der Waals surface area contributed by atoms with Crippen LogP contribution in [0.4, 0.5) is 4.39 Å². The van der Waals surface area contributed by atoms with E-state index in [0.29, 0.717) is 19.0 Å². The summed E-state index contributed by atoms with van der Waals surface area (Å²) in [6.07, 6.45) is 1.46. The predicted molar refractivity (Wildman–Crippen MR) is 124 cm³/mol. The summed E-state index contributed by atoms with van der Waals surface area (Å²) < 4.78 is 21.5. The van der Waals surface area contributed by atoms with Crippen LogP contribution in [0.3, 0.4) is 0 Å². The molecule has 33 heavy (non-hydrogen) atoms. The molecule has 0 saturated carbocycles. The third-order valence-corrected chi connectivity index (χ3v) is 6.13. The van der Waals surface area contributed by atoms with Gasteiger partial charge in [0.1, 0.15) is 11.9 Å².